The molecule has 0 saturated carbocycles. The number of nitrogens with one attached hydrogen (secondary N) is 2. The Kier molecular flexibility index (Phi) is 6.78. The SMILES string of the molecule is CCc1noc(CC)c1CNC(=NC)NCc1cc(F)cc(Br)c1. The predicted molar refractivity (Wildman–Crippen MR) is 96.4 cm³/mol. The normalized spacial score (nSPS) is 11.6. The van der Waals surface area contributed by atoms with Crippen molar-refractivity contribution in [2.45, 2.75) is 39.8 Å². The molecule has 2 N–H and O–H groups in total. The Morgan fingerprint density at radius 2 is 1.96 bits per heavy atom. The third-order valence-corrected chi connectivity index (χ3v) is 4.10. The number of rotatable bonds is 6. The molecule has 0 fully saturated rings. The van der Waals surface area contributed by atoms with Crippen molar-refractivity contribution in [1.29, 1.82) is 0 Å². The van der Waals surface area contributed by atoms with Crippen LogP contribution >= 0.6 is 15.9 Å². The van der Waals surface area contributed by atoms with Gasteiger partial charge < -0.3 is 15.2 Å². The molecule has 0 aliphatic rings. The van der Waals surface area contributed by atoms with Crippen molar-refractivity contribution in [3.8, 4) is 0 Å². The molecule has 24 heavy (non-hydrogen) atoms. The van der Waals surface area contributed by atoms with Crippen LogP contribution in [0.4, 0.5) is 4.39 Å². The van der Waals surface area contributed by atoms with Gasteiger partial charge in [0.1, 0.15) is 11.6 Å². The lowest BCUT2D eigenvalue weighted by Gasteiger charge is -2.12. The highest BCUT2D eigenvalue weighted by Crippen LogP contribution is 2.16. The summed E-state index contributed by atoms with van der Waals surface area (Å²) in [6.45, 7) is 5.15. The highest BCUT2D eigenvalue weighted by Gasteiger charge is 2.13. The molecular formula is C17H22BrFN4O. The van der Waals surface area contributed by atoms with Crippen LogP contribution in [0.25, 0.3) is 0 Å². The van der Waals surface area contributed by atoms with E-state index in [9.17, 15) is 4.39 Å². The van der Waals surface area contributed by atoms with Crippen LogP contribution in [0.5, 0.6) is 0 Å². The minimum Gasteiger partial charge on any atom is -0.361 e. The average molecular weight is 397 g/mol. The molecule has 130 valence electrons. The second-order valence-electron chi connectivity index (χ2n) is 5.30. The van der Waals surface area contributed by atoms with E-state index in [1.807, 2.05) is 13.0 Å². The first-order valence-electron chi connectivity index (χ1n) is 7.93. The molecule has 2 aromatic rings. The van der Waals surface area contributed by atoms with E-state index in [0.29, 0.717) is 23.5 Å². The third kappa shape index (κ3) is 4.80. The Morgan fingerprint density at radius 1 is 1.21 bits per heavy atom. The molecule has 0 unspecified atom stereocenters. The third-order valence-electron chi connectivity index (χ3n) is 3.65. The zero-order valence-corrected chi connectivity index (χ0v) is 15.7. The fourth-order valence-corrected chi connectivity index (χ4v) is 2.94. The number of nitrogens with zero attached hydrogens (tertiary/aromatic N) is 2. The summed E-state index contributed by atoms with van der Waals surface area (Å²) < 4.78 is 19.5. The number of guanidine groups is 1. The molecular weight excluding hydrogens is 375 g/mol. The van der Waals surface area contributed by atoms with Gasteiger partial charge in [0.25, 0.3) is 0 Å². The quantitative estimate of drug-likeness (QED) is 0.578. The van der Waals surface area contributed by atoms with Gasteiger partial charge in [-0.05, 0) is 30.2 Å². The minimum atomic E-state index is -0.270. The molecule has 1 aromatic heterocycles. The summed E-state index contributed by atoms with van der Waals surface area (Å²) in [5, 5.41) is 10.5. The molecule has 1 heterocycles. The fourth-order valence-electron chi connectivity index (χ4n) is 2.43. The molecule has 0 amide bonds. The van der Waals surface area contributed by atoms with Gasteiger partial charge in [-0.15, -0.1) is 0 Å². The number of hydrogen-bond donors (Lipinski definition) is 2. The van der Waals surface area contributed by atoms with E-state index >= 15 is 0 Å². The standard InChI is InChI=1S/C17H22BrFN4O/c1-4-15-14(16(5-2)24-23-15)10-22-17(20-3)21-9-11-6-12(18)8-13(19)7-11/h6-8H,4-5,9-10H2,1-3H3,(H2,20,21,22). The Balaban J connectivity index is 1.97. The lowest BCUT2D eigenvalue weighted by atomic mass is 10.1. The maximum Gasteiger partial charge on any atom is 0.191 e. The second kappa shape index (κ2) is 8.82. The second-order valence-corrected chi connectivity index (χ2v) is 6.21. The minimum absolute atomic E-state index is 0.270. The van der Waals surface area contributed by atoms with Crippen LogP contribution in [0, 0.1) is 5.82 Å². The first kappa shape index (κ1) is 18.4. The van der Waals surface area contributed by atoms with E-state index in [4.69, 9.17) is 4.52 Å². The molecule has 0 saturated heterocycles. The first-order valence-corrected chi connectivity index (χ1v) is 8.72. The number of benzene rings is 1. The number of aryl methyl sites for hydroxylation is 2. The van der Waals surface area contributed by atoms with Crippen molar-refractivity contribution >= 4 is 21.9 Å². The molecule has 7 heteroatoms. The lowest BCUT2D eigenvalue weighted by Crippen LogP contribution is -2.36. The fraction of sp³-hybridized carbons (Fsp3) is 0.412. The smallest absolute Gasteiger partial charge is 0.191 e. The Labute approximate surface area is 149 Å². The van der Waals surface area contributed by atoms with E-state index in [1.165, 1.54) is 12.1 Å². The van der Waals surface area contributed by atoms with Crippen molar-refractivity contribution in [1.82, 2.24) is 15.8 Å². The molecule has 0 aliphatic heterocycles. The van der Waals surface area contributed by atoms with E-state index in [2.05, 4.69) is 43.6 Å². The summed E-state index contributed by atoms with van der Waals surface area (Å²) >= 11 is 3.29. The van der Waals surface area contributed by atoms with Gasteiger partial charge in [0.05, 0.1) is 5.69 Å². The number of halogens is 2. The lowest BCUT2D eigenvalue weighted by molar-refractivity contribution is 0.380. The van der Waals surface area contributed by atoms with Crippen molar-refractivity contribution in [2.75, 3.05) is 7.05 Å². The predicted octanol–water partition coefficient (Wildman–Crippen LogP) is 3.57. The van der Waals surface area contributed by atoms with Crippen molar-refractivity contribution < 1.29 is 8.91 Å². The Bertz CT molecular complexity index is 673. The summed E-state index contributed by atoms with van der Waals surface area (Å²) in [5.74, 6) is 1.26. The van der Waals surface area contributed by atoms with Crippen LogP contribution in [0.2, 0.25) is 0 Å². The summed E-state index contributed by atoms with van der Waals surface area (Å²) in [6.07, 6.45) is 1.62. The van der Waals surface area contributed by atoms with Crippen LogP contribution < -0.4 is 10.6 Å². The topological polar surface area (TPSA) is 62.5 Å². The molecule has 2 rings (SSSR count). The molecule has 5 nitrogen and oxygen atoms in total. The number of hydrogen-bond acceptors (Lipinski definition) is 3. The largest absolute Gasteiger partial charge is 0.361 e. The van der Waals surface area contributed by atoms with Crippen molar-refractivity contribution in [3.05, 3.63) is 51.1 Å². The van der Waals surface area contributed by atoms with Gasteiger partial charge in [-0.1, -0.05) is 34.9 Å². The molecule has 1 aromatic carbocycles. The number of aromatic nitrogens is 1. The van der Waals surface area contributed by atoms with Gasteiger partial charge in [-0.25, -0.2) is 4.39 Å². The van der Waals surface area contributed by atoms with Crippen LogP contribution in [0.15, 0.2) is 32.2 Å². The van der Waals surface area contributed by atoms with E-state index in [-0.39, 0.29) is 5.82 Å². The summed E-state index contributed by atoms with van der Waals surface area (Å²) in [5.41, 5.74) is 2.87. The average Bonchev–Trinajstić information content (AvgIpc) is 2.96. The van der Waals surface area contributed by atoms with E-state index < -0.39 is 0 Å². The maximum absolute atomic E-state index is 13.4. The van der Waals surface area contributed by atoms with Gasteiger partial charge >= 0.3 is 0 Å². The van der Waals surface area contributed by atoms with Crippen LogP contribution in [0.3, 0.4) is 0 Å². The molecule has 0 aliphatic carbocycles. The van der Waals surface area contributed by atoms with E-state index in [0.717, 1.165) is 35.4 Å². The maximum atomic E-state index is 13.4. The monoisotopic (exact) mass is 396 g/mol. The first-order chi connectivity index (χ1) is 11.6. The van der Waals surface area contributed by atoms with Gasteiger partial charge in [0.2, 0.25) is 0 Å². The van der Waals surface area contributed by atoms with Gasteiger partial charge in [0.15, 0.2) is 5.96 Å². The summed E-state index contributed by atoms with van der Waals surface area (Å²) in [6, 6.07) is 4.80. The van der Waals surface area contributed by atoms with Gasteiger partial charge in [0, 0.05) is 36.6 Å². The van der Waals surface area contributed by atoms with Crippen molar-refractivity contribution in [3.63, 3.8) is 0 Å². The van der Waals surface area contributed by atoms with Crippen LogP contribution in [0.1, 0.15) is 36.4 Å². The zero-order chi connectivity index (χ0) is 17.5. The molecule has 0 radical (unpaired) electrons. The zero-order valence-electron chi connectivity index (χ0n) is 14.1. The highest BCUT2D eigenvalue weighted by atomic mass is 79.9. The van der Waals surface area contributed by atoms with Gasteiger partial charge in [-0.2, -0.15) is 0 Å². The summed E-state index contributed by atoms with van der Waals surface area (Å²) in [4.78, 5) is 4.20. The van der Waals surface area contributed by atoms with E-state index in [1.54, 1.807) is 7.05 Å². The molecule has 0 atom stereocenters. The van der Waals surface area contributed by atoms with Crippen molar-refractivity contribution in [2.24, 2.45) is 4.99 Å². The summed E-state index contributed by atoms with van der Waals surface area (Å²) in [7, 11) is 1.70. The Hall–Kier alpha value is -1.89. The highest BCUT2D eigenvalue weighted by molar-refractivity contribution is 9.10. The van der Waals surface area contributed by atoms with Crippen LogP contribution in [-0.2, 0) is 25.9 Å². The Morgan fingerprint density at radius 3 is 2.58 bits per heavy atom. The molecule has 0 bridgehead atoms. The van der Waals surface area contributed by atoms with Gasteiger partial charge in [-0.3, -0.25) is 4.99 Å². The molecule has 0 spiro atoms. The van der Waals surface area contributed by atoms with Crippen LogP contribution in [-0.4, -0.2) is 18.2 Å². The number of aliphatic imine (C=N–C) groups is 1.